The summed E-state index contributed by atoms with van der Waals surface area (Å²) in [7, 11) is 0. The number of alkyl halides is 1. The van der Waals surface area contributed by atoms with E-state index in [0.29, 0.717) is 0 Å². The van der Waals surface area contributed by atoms with Crippen LogP contribution in [0.25, 0.3) is 0 Å². The van der Waals surface area contributed by atoms with Crippen molar-refractivity contribution in [1.29, 1.82) is 0 Å². The Hall–Kier alpha value is -0.0900. The number of anilines is 1. The molecule has 82 valence electrons. The Morgan fingerprint density at radius 3 is 3.07 bits per heavy atom. The summed E-state index contributed by atoms with van der Waals surface area (Å²) < 4.78 is 0.918. The summed E-state index contributed by atoms with van der Waals surface area (Å²) in [6.45, 7) is 2.25. The molecule has 1 aliphatic rings. The predicted octanol–water partition coefficient (Wildman–Crippen LogP) is 3.46. The molecule has 0 amide bonds. The maximum atomic E-state index is 4.49. The molecule has 0 saturated carbocycles. The molecule has 0 unspecified atom stereocenters. The minimum Gasteiger partial charge on any atom is -0.356 e. The lowest BCUT2D eigenvalue weighted by Gasteiger charge is -2.32. The summed E-state index contributed by atoms with van der Waals surface area (Å²) >= 11 is 6.98. The summed E-state index contributed by atoms with van der Waals surface area (Å²) in [5.74, 6) is 1.86. The Morgan fingerprint density at radius 1 is 1.47 bits per heavy atom. The standard InChI is InChI=1S/C11H14Br2N2/c12-7-9-3-2-6-15(8-9)11-5-1-4-10(13)14-11/h1,4-5,9H,2-3,6-8H2/t9-/m0/s1. The summed E-state index contributed by atoms with van der Waals surface area (Å²) in [6, 6.07) is 6.10. The zero-order valence-electron chi connectivity index (χ0n) is 8.50. The highest BCUT2D eigenvalue weighted by Crippen LogP contribution is 2.23. The van der Waals surface area contributed by atoms with Gasteiger partial charge in [-0.3, -0.25) is 0 Å². The Bertz CT molecular complexity index is 330. The molecule has 1 fully saturated rings. The lowest BCUT2D eigenvalue weighted by molar-refractivity contribution is 0.452. The van der Waals surface area contributed by atoms with E-state index in [2.05, 4.69) is 47.8 Å². The van der Waals surface area contributed by atoms with Crippen LogP contribution in [0.2, 0.25) is 0 Å². The van der Waals surface area contributed by atoms with Crippen molar-refractivity contribution in [3.8, 4) is 0 Å². The minimum absolute atomic E-state index is 0.763. The second kappa shape index (κ2) is 5.30. The van der Waals surface area contributed by atoms with Crippen LogP contribution in [0.1, 0.15) is 12.8 Å². The van der Waals surface area contributed by atoms with E-state index in [1.165, 1.54) is 12.8 Å². The lowest BCUT2D eigenvalue weighted by Crippen LogP contribution is -2.36. The zero-order chi connectivity index (χ0) is 10.7. The van der Waals surface area contributed by atoms with Crippen molar-refractivity contribution in [2.24, 2.45) is 5.92 Å². The number of pyridine rings is 1. The maximum absolute atomic E-state index is 4.49. The monoisotopic (exact) mass is 332 g/mol. The molecule has 0 N–H and O–H groups in total. The van der Waals surface area contributed by atoms with E-state index in [9.17, 15) is 0 Å². The van der Waals surface area contributed by atoms with Crippen LogP contribution in [0.3, 0.4) is 0 Å². The van der Waals surface area contributed by atoms with Gasteiger partial charge in [-0.15, -0.1) is 0 Å². The fraction of sp³-hybridized carbons (Fsp3) is 0.545. The number of aromatic nitrogens is 1. The van der Waals surface area contributed by atoms with Crippen molar-refractivity contribution in [3.05, 3.63) is 22.8 Å². The number of hydrogen-bond acceptors (Lipinski definition) is 2. The number of piperidine rings is 1. The second-order valence-electron chi connectivity index (χ2n) is 3.93. The third-order valence-corrected chi connectivity index (χ3v) is 4.12. The van der Waals surface area contributed by atoms with Gasteiger partial charge in [0.25, 0.3) is 0 Å². The molecule has 15 heavy (non-hydrogen) atoms. The van der Waals surface area contributed by atoms with Crippen LogP contribution in [0.15, 0.2) is 22.8 Å². The molecule has 2 rings (SSSR count). The number of halogens is 2. The van der Waals surface area contributed by atoms with Gasteiger partial charge in [0.1, 0.15) is 10.4 Å². The van der Waals surface area contributed by atoms with E-state index in [-0.39, 0.29) is 0 Å². The van der Waals surface area contributed by atoms with Crippen LogP contribution < -0.4 is 4.90 Å². The van der Waals surface area contributed by atoms with Gasteiger partial charge < -0.3 is 4.90 Å². The van der Waals surface area contributed by atoms with Crippen molar-refractivity contribution in [1.82, 2.24) is 4.98 Å². The van der Waals surface area contributed by atoms with Crippen LogP contribution >= 0.6 is 31.9 Å². The van der Waals surface area contributed by atoms with Gasteiger partial charge in [0.2, 0.25) is 0 Å². The number of rotatable bonds is 2. The summed E-state index contributed by atoms with van der Waals surface area (Å²) in [4.78, 5) is 6.87. The second-order valence-corrected chi connectivity index (χ2v) is 5.39. The molecule has 1 aromatic rings. The molecular formula is C11H14Br2N2. The van der Waals surface area contributed by atoms with Crippen molar-refractivity contribution < 1.29 is 0 Å². The maximum Gasteiger partial charge on any atom is 0.129 e. The normalized spacial score (nSPS) is 21.7. The molecule has 4 heteroatoms. The quantitative estimate of drug-likeness (QED) is 0.608. The van der Waals surface area contributed by atoms with Crippen molar-refractivity contribution >= 4 is 37.7 Å². The topological polar surface area (TPSA) is 16.1 Å². The third-order valence-electron chi connectivity index (χ3n) is 2.76. The Labute approximate surface area is 107 Å². The molecule has 1 aromatic heterocycles. The molecular weight excluding hydrogens is 320 g/mol. The molecule has 2 heterocycles. The number of nitrogens with zero attached hydrogens (tertiary/aromatic N) is 2. The first-order valence-electron chi connectivity index (χ1n) is 5.23. The molecule has 0 spiro atoms. The molecule has 2 nitrogen and oxygen atoms in total. The van der Waals surface area contributed by atoms with Crippen LogP contribution in [0, 0.1) is 5.92 Å². The van der Waals surface area contributed by atoms with Crippen LogP contribution in [-0.2, 0) is 0 Å². The van der Waals surface area contributed by atoms with Gasteiger partial charge in [-0.05, 0) is 46.8 Å². The SMILES string of the molecule is BrC[C@@H]1CCCN(c2cccc(Br)n2)C1. The smallest absolute Gasteiger partial charge is 0.129 e. The van der Waals surface area contributed by atoms with Crippen LogP contribution in [0.5, 0.6) is 0 Å². The van der Waals surface area contributed by atoms with Crippen LogP contribution in [0.4, 0.5) is 5.82 Å². The Balaban J connectivity index is 2.09. The highest BCUT2D eigenvalue weighted by atomic mass is 79.9. The van der Waals surface area contributed by atoms with Gasteiger partial charge in [0.15, 0.2) is 0 Å². The van der Waals surface area contributed by atoms with E-state index in [1.54, 1.807) is 0 Å². The largest absolute Gasteiger partial charge is 0.356 e. The van der Waals surface area contributed by atoms with E-state index >= 15 is 0 Å². The molecule has 0 aliphatic carbocycles. The molecule has 0 bridgehead atoms. The molecule has 1 saturated heterocycles. The summed E-state index contributed by atoms with van der Waals surface area (Å²) in [6.07, 6.45) is 2.60. The Kier molecular flexibility index (Phi) is 4.03. The highest BCUT2D eigenvalue weighted by Gasteiger charge is 2.19. The van der Waals surface area contributed by atoms with Gasteiger partial charge >= 0.3 is 0 Å². The minimum atomic E-state index is 0.763. The van der Waals surface area contributed by atoms with Crippen molar-refractivity contribution in [2.45, 2.75) is 12.8 Å². The Morgan fingerprint density at radius 2 is 2.33 bits per heavy atom. The first-order valence-corrected chi connectivity index (χ1v) is 7.14. The van der Waals surface area contributed by atoms with E-state index in [0.717, 1.165) is 34.8 Å². The van der Waals surface area contributed by atoms with Crippen molar-refractivity contribution in [3.63, 3.8) is 0 Å². The summed E-state index contributed by atoms with van der Waals surface area (Å²) in [5.41, 5.74) is 0. The van der Waals surface area contributed by atoms with Crippen molar-refractivity contribution in [2.75, 3.05) is 23.3 Å². The lowest BCUT2D eigenvalue weighted by atomic mass is 10.0. The zero-order valence-corrected chi connectivity index (χ0v) is 11.7. The van der Waals surface area contributed by atoms with E-state index in [1.807, 2.05) is 12.1 Å². The van der Waals surface area contributed by atoms with Gasteiger partial charge in [0.05, 0.1) is 0 Å². The predicted molar refractivity (Wildman–Crippen MR) is 70.7 cm³/mol. The summed E-state index contributed by atoms with van der Waals surface area (Å²) in [5, 5.41) is 1.09. The average molecular weight is 334 g/mol. The fourth-order valence-corrected chi connectivity index (χ4v) is 2.84. The molecule has 1 aliphatic heterocycles. The van der Waals surface area contributed by atoms with Gasteiger partial charge in [-0.2, -0.15) is 0 Å². The molecule has 0 aromatic carbocycles. The van der Waals surface area contributed by atoms with Gasteiger partial charge in [-0.1, -0.05) is 22.0 Å². The van der Waals surface area contributed by atoms with E-state index in [4.69, 9.17) is 0 Å². The average Bonchev–Trinajstić information content (AvgIpc) is 2.29. The third kappa shape index (κ3) is 2.94. The fourth-order valence-electron chi connectivity index (χ4n) is 1.97. The van der Waals surface area contributed by atoms with Gasteiger partial charge in [-0.25, -0.2) is 4.98 Å². The molecule has 0 radical (unpaired) electrons. The first-order chi connectivity index (χ1) is 7.29. The van der Waals surface area contributed by atoms with Crippen LogP contribution in [-0.4, -0.2) is 23.4 Å². The molecule has 1 atom stereocenters. The van der Waals surface area contributed by atoms with E-state index < -0.39 is 0 Å². The first kappa shape index (κ1) is 11.4. The highest BCUT2D eigenvalue weighted by molar-refractivity contribution is 9.10. The number of hydrogen-bond donors (Lipinski definition) is 0. The van der Waals surface area contributed by atoms with Gasteiger partial charge in [0, 0.05) is 18.4 Å².